The van der Waals surface area contributed by atoms with Crippen molar-refractivity contribution in [1.82, 2.24) is 15.2 Å². The van der Waals surface area contributed by atoms with Gasteiger partial charge in [0.1, 0.15) is 11.4 Å². The van der Waals surface area contributed by atoms with Crippen molar-refractivity contribution >= 4 is 17.7 Å². The molecule has 0 spiro atoms. The number of rotatable bonds is 4. The van der Waals surface area contributed by atoms with E-state index in [0.717, 1.165) is 0 Å². The number of aromatic amines is 1. The second kappa shape index (κ2) is 5.76. The van der Waals surface area contributed by atoms with E-state index in [1.807, 2.05) is 0 Å². The van der Waals surface area contributed by atoms with E-state index in [0.29, 0.717) is 5.56 Å². The molecule has 0 fully saturated rings. The molecule has 0 saturated heterocycles. The highest BCUT2D eigenvalue weighted by molar-refractivity contribution is 6.07. The Hall–Kier alpha value is -2.70. The quantitative estimate of drug-likeness (QED) is 0.806. The lowest BCUT2D eigenvalue weighted by Crippen LogP contribution is -2.15. The van der Waals surface area contributed by atoms with Crippen LogP contribution in [0.3, 0.4) is 0 Å². The molecule has 7 nitrogen and oxygen atoms in total. The Bertz CT molecular complexity index is 580. The predicted molar refractivity (Wildman–Crippen MR) is 66.7 cm³/mol. The van der Waals surface area contributed by atoms with Gasteiger partial charge in [0.25, 0.3) is 5.91 Å². The number of hydrogen-bond acceptors (Lipinski definition) is 5. The molecule has 0 bridgehead atoms. The second-order valence-electron chi connectivity index (χ2n) is 3.57. The predicted octanol–water partition coefficient (Wildman–Crippen LogP) is 1.23. The number of carbonyl (C=O) groups excluding carboxylic acids is 2. The number of esters is 1. The van der Waals surface area contributed by atoms with Crippen LogP contribution >= 0.6 is 0 Å². The Balaban J connectivity index is 2.14. The number of amides is 1. The van der Waals surface area contributed by atoms with Crippen molar-refractivity contribution in [3.63, 3.8) is 0 Å². The zero-order valence-corrected chi connectivity index (χ0v) is 10.2. The first kappa shape index (κ1) is 12.7. The van der Waals surface area contributed by atoms with Gasteiger partial charge in [0.2, 0.25) is 0 Å². The van der Waals surface area contributed by atoms with Crippen LogP contribution in [0.1, 0.15) is 27.6 Å². The first-order valence-corrected chi connectivity index (χ1v) is 5.64. The van der Waals surface area contributed by atoms with Crippen LogP contribution in [0.5, 0.6) is 0 Å². The average molecular weight is 260 g/mol. The molecule has 2 aromatic rings. The van der Waals surface area contributed by atoms with Crippen LogP contribution in [0.15, 0.2) is 30.7 Å². The third-order valence-electron chi connectivity index (χ3n) is 2.32. The fourth-order valence-corrected chi connectivity index (χ4v) is 1.43. The topological polar surface area (TPSA) is 97.0 Å². The maximum atomic E-state index is 11.9. The van der Waals surface area contributed by atoms with E-state index in [9.17, 15) is 9.59 Å². The second-order valence-corrected chi connectivity index (χ2v) is 3.57. The van der Waals surface area contributed by atoms with Gasteiger partial charge < -0.3 is 10.1 Å². The Morgan fingerprint density at radius 2 is 2.11 bits per heavy atom. The van der Waals surface area contributed by atoms with Crippen LogP contribution in [0.2, 0.25) is 0 Å². The zero-order valence-electron chi connectivity index (χ0n) is 10.2. The Labute approximate surface area is 109 Å². The largest absolute Gasteiger partial charge is 0.462 e. The fourth-order valence-electron chi connectivity index (χ4n) is 1.43. The van der Waals surface area contributed by atoms with E-state index in [-0.39, 0.29) is 23.9 Å². The van der Waals surface area contributed by atoms with Gasteiger partial charge in [0.05, 0.1) is 12.8 Å². The van der Waals surface area contributed by atoms with Crippen molar-refractivity contribution in [2.75, 3.05) is 11.9 Å². The number of carbonyl (C=O) groups is 2. The molecule has 0 radical (unpaired) electrons. The molecule has 0 atom stereocenters. The highest BCUT2D eigenvalue weighted by Crippen LogP contribution is 2.13. The van der Waals surface area contributed by atoms with Crippen molar-refractivity contribution in [2.45, 2.75) is 6.92 Å². The molecular formula is C12H12N4O3. The standard InChI is InChI=1S/C12H12N4O3/c1-2-19-12(18)9-7-14-16-10(9)15-11(17)8-3-5-13-6-4-8/h3-7H,2H2,1H3,(H2,14,15,16,17). The van der Waals surface area contributed by atoms with E-state index >= 15 is 0 Å². The van der Waals surface area contributed by atoms with Gasteiger partial charge in [0, 0.05) is 18.0 Å². The third kappa shape index (κ3) is 2.95. The van der Waals surface area contributed by atoms with Crippen LogP contribution < -0.4 is 5.32 Å². The molecule has 2 N–H and O–H groups in total. The molecule has 0 aromatic carbocycles. The SMILES string of the molecule is CCOC(=O)c1cn[nH]c1NC(=O)c1ccncc1. The first-order valence-electron chi connectivity index (χ1n) is 5.64. The first-order chi connectivity index (χ1) is 9.22. The summed E-state index contributed by atoms with van der Waals surface area (Å²) in [5.74, 6) is -0.696. The molecule has 2 aromatic heterocycles. The van der Waals surface area contributed by atoms with Crippen LogP contribution in [0.4, 0.5) is 5.82 Å². The molecule has 0 unspecified atom stereocenters. The number of pyridine rings is 1. The number of hydrogen-bond donors (Lipinski definition) is 2. The molecule has 1 amide bonds. The number of H-pyrrole nitrogens is 1. The van der Waals surface area contributed by atoms with Gasteiger partial charge in [0.15, 0.2) is 0 Å². The lowest BCUT2D eigenvalue weighted by atomic mass is 10.2. The van der Waals surface area contributed by atoms with Gasteiger partial charge in [-0.05, 0) is 19.1 Å². The third-order valence-corrected chi connectivity index (χ3v) is 2.32. The highest BCUT2D eigenvalue weighted by atomic mass is 16.5. The fraction of sp³-hybridized carbons (Fsp3) is 0.167. The molecule has 0 aliphatic rings. The Morgan fingerprint density at radius 3 is 2.79 bits per heavy atom. The summed E-state index contributed by atoms with van der Waals surface area (Å²) in [6.45, 7) is 1.95. The summed E-state index contributed by atoms with van der Waals surface area (Å²) in [5.41, 5.74) is 0.615. The molecule has 2 heterocycles. The monoisotopic (exact) mass is 260 g/mol. The van der Waals surface area contributed by atoms with Crippen molar-refractivity contribution in [1.29, 1.82) is 0 Å². The maximum absolute atomic E-state index is 11.9. The summed E-state index contributed by atoms with van der Waals surface area (Å²) in [7, 11) is 0. The minimum absolute atomic E-state index is 0.184. The average Bonchev–Trinajstić information content (AvgIpc) is 2.88. The van der Waals surface area contributed by atoms with E-state index in [1.165, 1.54) is 18.6 Å². The van der Waals surface area contributed by atoms with E-state index in [2.05, 4.69) is 20.5 Å². The van der Waals surface area contributed by atoms with Gasteiger partial charge in [-0.25, -0.2) is 4.79 Å². The van der Waals surface area contributed by atoms with Gasteiger partial charge in [-0.3, -0.25) is 14.9 Å². The summed E-state index contributed by atoms with van der Waals surface area (Å²) in [4.78, 5) is 27.3. The van der Waals surface area contributed by atoms with Crippen LogP contribution in [0, 0.1) is 0 Å². The summed E-state index contributed by atoms with van der Waals surface area (Å²) >= 11 is 0. The van der Waals surface area contributed by atoms with Gasteiger partial charge in [-0.1, -0.05) is 0 Å². The molecule has 19 heavy (non-hydrogen) atoms. The lowest BCUT2D eigenvalue weighted by Gasteiger charge is -2.05. The van der Waals surface area contributed by atoms with Gasteiger partial charge >= 0.3 is 5.97 Å². The minimum Gasteiger partial charge on any atom is -0.462 e. The lowest BCUT2D eigenvalue weighted by molar-refractivity contribution is 0.0527. The molecule has 0 aliphatic carbocycles. The summed E-state index contributed by atoms with van der Waals surface area (Å²) in [6.07, 6.45) is 4.32. The number of aromatic nitrogens is 3. The smallest absolute Gasteiger partial charge is 0.343 e. The number of anilines is 1. The molecular weight excluding hydrogens is 248 g/mol. The number of nitrogens with zero attached hydrogens (tertiary/aromatic N) is 2. The van der Waals surface area contributed by atoms with E-state index in [4.69, 9.17) is 4.74 Å². The minimum atomic E-state index is -0.540. The van der Waals surface area contributed by atoms with E-state index in [1.54, 1.807) is 19.1 Å². The van der Waals surface area contributed by atoms with Crippen molar-refractivity contribution in [2.24, 2.45) is 0 Å². The van der Waals surface area contributed by atoms with Gasteiger partial charge in [-0.2, -0.15) is 5.10 Å². The number of nitrogens with one attached hydrogen (secondary N) is 2. The van der Waals surface area contributed by atoms with Crippen LogP contribution in [-0.2, 0) is 4.74 Å². The highest BCUT2D eigenvalue weighted by Gasteiger charge is 2.17. The van der Waals surface area contributed by atoms with E-state index < -0.39 is 5.97 Å². The normalized spacial score (nSPS) is 9.95. The molecule has 0 saturated carbocycles. The molecule has 2 rings (SSSR count). The van der Waals surface area contributed by atoms with Crippen molar-refractivity contribution in [3.8, 4) is 0 Å². The van der Waals surface area contributed by atoms with Crippen molar-refractivity contribution in [3.05, 3.63) is 41.9 Å². The summed E-state index contributed by atoms with van der Waals surface area (Å²) in [6, 6.07) is 3.13. The van der Waals surface area contributed by atoms with Crippen LogP contribution in [0.25, 0.3) is 0 Å². The van der Waals surface area contributed by atoms with Gasteiger partial charge in [-0.15, -0.1) is 0 Å². The summed E-state index contributed by atoms with van der Waals surface area (Å²) in [5, 5.41) is 8.83. The van der Waals surface area contributed by atoms with Crippen molar-refractivity contribution < 1.29 is 14.3 Å². The van der Waals surface area contributed by atoms with Crippen LogP contribution in [-0.4, -0.2) is 33.7 Å². The summed E-state index contributed by atoms with van der Waals surface area (Å²) < 4.78 is 4.85. The molecule has 98 valence electrons. The molecule has 7 heteroatoms. The molecule has 0 aliphatic heterocycles. The zero-order chi connectivity index (χ0) is 13.7. The Kier molecular flexibility index (Phi) is 3.87. The maximum Gasteiger partial charge on any atom is 0.343 e. The Morgan fingerprint density at radius 1 is 1.37 bits per heavy atom. The number of ether oxygens (including phenoxy) is 1.